The minimum atomic E-state index is -3.93. The van der Waals surface area contributed by atoms with Gasteiger partial charge in [0.15, 0.2) is 0 Å². The first-order valence-electron chi connectivity index (χ1n) is 9.49. The number of aromatic nitrogens is 1. The molecule has 8 nitrogen and oxygen atoms in total. The molecule has 170 valence electrons. The average molecular weight is 498 g/mol. The maximum atomic E-state index is 14.0. The maximum Gasteiger partial charge on any atom is 0.318 e. The molecule has 1 aromatic carbocycles. The van der Waals surface area contributed by atoms with E-state index in [4.69, 9.17) is 4.74 Å². The Morgan fingerprint density at radius 3 is 2.94 bits per heavy atom. The van der Waals surface area contributed by atoms with E-state index in [-0.39, 0.29) is 15.5 Å². The highest BCUT2D eigenvalue weighted by atomic mass is 32.2. The Morgan fingerprint density at radius 1 is 1.47 bits per heavy atom. The number of fused-ring (bicyclic) bond motifs is 1. The van der Waals surface area contributed by atoms with E-state index in [0.29, 0.717) is 34.5 Å². The molecule has 0 saturated carbocycles. The lowest BCUT2D eigenvalue weighted by Crippen LogP contribution is -2.23. The number of hydrogen-bond donors (Lipinski definition) is 1. The predicted octanol–water partition coefficient (Wildman–Crippen LogP) is 4.62. The molecule has 3 rings (SSSR count). The molecule has 0 saturated heterocycles. The van der Waals surface area contributed by atoms with Crippen LogP contribution in [0.5, 0.6) is 5.88 Å². The van der Waals surface area contributed by atoms with Crippen LogP contribution in [0, 0.1) is 15.9 Å². The minimum Gasteiger partial charge on any atom is -0.476 e. The molecule has 0 aliphatic carbocycles. The lowest BCUT2D eigenvalue weighted by molar-refractivity contribution is -0.390. The number of pyridine rings is 1. The van der Waals surface area contributed by atoms with E-state index in [2.05, 4.69) is 9.71 Å². The lowest BCUT2D eigenvalue weighted by atomic mass is 10.1. The maximum absolute atomic E-state index is 14.0. The zero-order valence-corrected chi connectivity index (χ0v) is 19.7. The number of nitro benzene ring substituents is 1. The number of halogens is 1. The highest BCUT2D eigenvalue weighted by Crippen LogP contribution is 2.36. The van der Waals surface area contributed by atoms with Gasteiger partial charge in [0.05, 0.1) is 27.5 Å². The van der Waals surface area contributed by atoms with Gasteiger partial charge in [-0.3, -0.25) is 14.8 Å². The van der Waals surface area contributed by atoms with Crippen molar-refractivity contribution in [3.63, 3.8) is 0 Å². The molecule has 2 aromatic rings. The molecule has 0 radical (unpaired) electrons. The summed E-state index contributed by atoms with van der Waals surface area (Å²) in [6.07, 6.45) is 5.75. The van der Waals surface area contributed by atoms with Crippen molar-refractivity contribution in [3.05, 3.63) is 63.7 Å². The fourth-order valence-electron chi connectivity index (χ4n) is 2.81. The first kappa shape index (κ1) is 24.1. The van der Waals surface area contributed by atoms with E-state index < -0.39 is 26.5 Å². The lowest BCUT2D eigenvalue weighted by Gasteiger charge is -2.16. The molecule has 12 heteroatoms. The second-order valence-corrected chi connectivity index (χ2v) is 10.5. The van der Waals surface area contributed by atoms with Gasteiger partial charge < -0.3 is 4.74 Å². The van der Waals surface area contributed by atoms with Crippen molar-refractivity contribution < 1.29 is 22.5 Å². The summed E-state index contributed by atoms with van der Waals surface area (Å²) in [5.41, 5.74) is 0.0556. The highest BCUT2D eigenvalue weighted by molar-refractivity contribution is 7.99. The van der Waals surface area contributed by atoms with Gasteiger partial charge in [0.1, 0.15) is 4.90 Å². The minimum absolute atomic E-state index is 0.0124. The van der Waals surface area contributed by atoms with Gasteiger partial charge in [-0.15, -0.1) is 23.5 Å². The largest absolute Gasteiger partial charge is 0.476 e. The smallest absolute Gasteiger partial charge is 0.318 e. The Labute approximate surface area is 193 Å². The number of nitrogens with one attached hydrogen (secondary N) is 1. The summed E-state index contributed by atoms with van der Waals surface area (Å²) in [6, 6.07) is 3.95. The number of thioether (sulfide) groups is 2. The third-order valence-electron chi connectivity index (χ3n) is 4.27. The summed E-state index contributed by atoms with van der Waals surface area (Å²) in [4.78, 5) is 15.5. The summed E-state index contributed by atoms with van der Waals surface area (Å²) >= 11 is 2.61. The molecule has 0 fully saturated rings. The monoisotopic (exact) mass is 497 g/mol. The van der Waals surface area contributed by atoms with E-state index in [1.807, 2.05) is 0 Å². The highest BCUT2D eigenvalue weighted by Gasteiger charge is 2.23. The zero-order chi connectivity index (χ0) is 23.3. The molecule has 1 aromatic heterocycles. The van der Waals surface area contributed by atoms with E-state index in [1.165, 1.54) is 42.2 Å². The van der Waals surface area contributed by atoms with Gasteiger partial charge in [-0.05, 0) is 36.4 Å². The third-order valence-corrected chi connectivity index (χ3v) is 7.60. The topological polar surface area (TPSA) is 111 Å². The normalized spacial score (nSPS) is 14.2. The van der Waals surface area contributed by atoms with E-state index in [0.717, 1.165) is 17.8 Å². The SMILES string of the molecule is CC=C(C=Cc1ccc(F)c([N+](=O)[O-])c1SCC)NS(=O)(=O)c1cnc2c(c1)SCCO2. The number of sulfonamides is 1. The molecule has 1 aliphatic heterocycles. The van der Waals surface area contributed by atoms with Crippen LogP contribution in [-0.2, 0) is 10.0 Å². The van der Waals surface area contributed by atoms with Gasteiger partial charge in [-0.2, -0.15) is 4.39 Å². The van der Waals surface area contributed by atoms with Crippen LogP contribution in [0.1, 0.15) is 19.4 Å². The van der Waals surface area contributed by atoms with Crippen LogP contribution in [0.4, 0.5) is 10.1 Å². The fourth-order valence-corrected chi connectivity index (χ4v) is 5.69. The van der Waals surface area contributed by atoms with Crippen molar-refractivity contribution in [2.24, 2.45) is 0 Å². The van der Waals surface area contributed by atoms with Crippen molar-refractivity contribution in [3.8, 4) is 5.88 Å². The average Bonchev–Trinajstić information content (AvgIpc) is 2.77. The van der Waals surface area contributed by atoms with Crippen molar-refractivity contribution >= 4 is 45.3 Å². The third kappa shape index (κ3) is 5.43. The van der Waals surface area contributed by atoms with Crippen LogP contribution >= 0.6 is 23.5 Å². The molecule has 0 atom stereocenters. The first-order valence-corrected chi connectivity index (χ1v) is 12.9. The second kappa shape index (κ2) is 10.4. The predicted molar refractivity (Wildman–Crippen MR) is 123 cm³/mol. The molecular formula is C20H20FN3O5S3. The molecule has 2 heterocycles. The number of hydrogen-bond acceptors (Lipinski definition) is 8. The van der Waals surface area contributed by atoms with E-state index >= 15 is 0 Å². The number of benzene rings is 1. The van der Waals surface area contributed by atoms with Crippen LogP contribution in [0.15, 0.2) is 56.9 Å². The van der Waals surface area contributed by atoms with Gasteiger partial charge in [0.25, 0.3) is 10.0 Å². The molecule has 0 bridgehead atoms. The van der Waals surface area contributed by atoms with Crippen LogP contribution in [0.2, 0.25) is 0 Å². The molecule has 0 amide bonds. The molecular weight excluding hydrogens is 477 g/mol. The standard InChI is InChI=1S/C20H20FN3O5S3/c1-3-14(7-5-13-6-8-16(21)18(24(25)26)19(13)30-4-2)23-32(27,28)15-11-17-20(22-12-15)29-9-10-31-17/h3,5-8,11-12,23H,4,9-10H2,1-2H3. The summed E-state index contributed by atoms with van der Waals surface area (Å²) in [5.74, 6) is 0.694. The van der Waals surface area contributed by atoms with Crippen molar-refractivity contribution in [1.82, 2.24) is 9.71 Å². The number of nitro groups is 1. The molecule has 0 spiro atoms. The Bertz CT molecular complexity index is 1200. The summed E-state index contributed by atoms with van der Waals surface area (Å²) in [7, 11) is -3.93. The Hall–Kier alpha value is -2.57. The van der Waals surface area contributed by atoms with Gasteiger partial charge in [0.2, 0.25) is 11.7 Å². The van der Waals surface area contributed by atoms with Gasteiger partial charge in [-0.25, -0.2) is 13.4 Å². The van der Waals surface area contributed by atoms with Crippen molar-refractivity contribution in [2.45, 2.75) is 28.5 Å². The second-order valence-electron chi connectivity index (χ2n) is 6.36. The number of rotatable bonds is 8. The summed E-state index contributed by atoms with van der Waals surface area (Å²) < 4.78 is 47.6. The van der Waals surface area contributed by atoms with E-state index in [1.54, 1.807) is 19.9 Å². The van der Waals surface area contributed by atoms with Gasteiger partial charge in [0, 0.05) is 11.4 Å². The van der Waals surface area contributed by atoms with Gasteiger partial charge in [-0.1, -0.05) is 25.1 Å². The van der Waals surface area contributed by atoms with Crippen molar-refractivity contribution in [2.75, 3.05) is 18.1 Å². The summed E-state index contributed by atoms with van der Waals surface area (Å²) in [5, 5.41) is 11.3. The van der Waals surface area contributed by atoms with Crippen LogP contribution in [-0.4, -0.2) is 36.4 Å². The Balaban J connectivity index is 1.87. The number of allylic oxidation sites excluding steroid dienone is 2. The molecule has 1 aliphatic rings. The van der Waals surface area contributed by atoms with Crippen LogP contribution in [0.3, 0.4) is 0 Å². The van der Waals surface area contributed by atoms with Crippen LogP contribution < -0.4 is 9.46 Å². The van der Waals surface area contributed by atoms with Crippen LogP contribution in [0.25, 0.3) is 6.08 Å². The van der Waals surface area contributed by atoms with Crippen molar-refractivity contribution in [1.29, 1.82) is 0 Å². The summed E-state index contributed by atoms with van der Waals surface area (Å²) in [6.45, 7) is 3.96. The zero-order valence-electron chi connectivity index (χ0n) is 17.2. The fraction of sp³-hybridized carbons (Fsp3) is 0.250. The van der Waals surface area contributed by atoms with E-state index in [9.17, 15) is 22.9 Å². The molecule has 32 heavy (non-hydrogen) atoms. The molecule has 1 N–H and O–H groups in total. The Kier molecular flexibility index (Phi) is 7.80. The first-order chi connectivity index (χ1) is 15.3. The molecule has 0 unspecified atom stereocenters. The number of nitrogens with zero attached hydrogens (tertiary/aromatic N) is 2. The van der Waals surface area contributed by atoms with Gasteiger partial charge >= 0.3 is 5.69 Å². The quantitative estimate of drug-likeness (QED) is 0.243. The number of ether oxygens (including phenoxy) is 1. The Morgan fingerprint density at radius 2 is 2.25 bits per heavy atom.